The largest absolute Gasteiger partial charge is 0.366 e. The molecule has 0 fully saturated rings. The predicted octanol–water partition coefficient (Wildman–Crippen LogP) is 1.64. The molecule has 23 heavy (non-hydrogen) atoms. The normalized spacial score (nSPS) is 20.1. The van der Waals surface area contributed by atoms with Crippen LogP contribution in [-0.4, -0.2) is 23.2 Å². The van der Waals surface area contributed by atoms with Crippen LogP contribution in [0.15, 0.2) is 23.2 Å². The van der Waals surface area contributed by atoms with E-state index in [0.29, 0.717) is 29.8 Å². The first kappa shape index (κ1) is 16.8. The maximum atomic E-state index is 12.4. The summed E-state index contributed by atoms with van der Waals surface area (Å²) < 4.78 is 0. The van der Waals surface area contributed by atoms with E-state index in [1.54, 1.807) is 19.1 Å². The molecule has 0 saturated carbocycles. The number of benzene rings is 1. The molecule has 0 bridgehead atoms. The Morgan fingerprint density at radius 2 is 2.17 bits per heavy atom. The minimum Gasteiger partial charge on any atom is -0.366 e. The number of nitrogens with one attached hydrogen (secondary N) is 1. The Morgan fingerprint density at radius 3 is 2.70 bits per heavy atom. The number of amidine groups is 1. The van der Waals surface area contributed by atoms with Gasteiger partial charge in [0.15, 0.2) is 0 Å². The molecular weight excluding hydrogens is 290 g/mol. The number of primary amides is 1. The van der Waals surface area contributed by atoms with E-state index in [1.165, 1.54) is 0 Å². The summed E-state index contributed by atoms with van der Waals surface area (Å²) in [6.45, 7) is 5.66. The van der Waals surface area contributed by atoms with Crippen LogP contribution in [0.4, 0.5) is 0 Å². The molecule has 1 aromatic carbocycles. The minimum absolute atomic E-state index is 0.0231. The van der Waals surface area contributed by atoms with Crippen LogP contribution in [0.3, 0.4) is 0 Å². The van der Waals surface area contributed by atoms with Gasteiger partial charge in [-0.3, -0.25) is 14.6 Å². The molecule has 0 spiro atoms. The van der Waals surface area contributed by atoms with Crippen molar-refractivity contribution in [1.29, 1.82) is 0 Å². The molecular formula is C18H21N3O2. The van der Waals surface area contributed by atoms with Crippen LogP contribution in [0, 0.1) is 18.3 Å². The van der Waals surface area contributed by atoms with Crippen molar-refractivity contribution < 1.29 is 9.59 Å². The lowest BCUT2D eigenvalue weighted by Crippen LogP contribution is -2.41. The molecule has 1 aliphatic heterocycles. The number of terminal acetylenes is 1. The van der Waals surface area contributed by atoms with Gasteiger partial charge in [-0.2, -0.15) is 0 Å². The van der Waals surface area contributed by atoms with Crippen molar-refractivity contribution in [2.45, 2.75) is 39.2 Å². The van der Waals surface area contributed by atoms with E-state index < -0.39 is 11.4 Å². The highest BCUT2D eigenvalue weighted by Crippen LogP contribution is 2.29. The minimum atomic E-state index is -0.858. The number of carbonyl (C=O) groups excluding carboxylic acids is 2. The van der Waals surface area contributed by atoms with E-state index in [-0.39, 0.29) is 11.8 Å². The molecule has 1 heterocycles. The molecule has 2 rings (SSSR count). The Hall–Kier alpha value is -2.61. The molecule has 0 radical (unpaired) electrons. The maximum absolute atomic E-state index is 12.4. The van der Waals surface area contributed by atoms with Gasteiger partial charge in [0.1, 0.15) is 11.4 Å². The van der Waals surface area contributed by atoms with Gasteiger partial charge in [-0.05, 0) is 30.9 Å². The number of aliphatic imine (C=N–C) groups is 1. The summed E-state index contributed by atoms with van der Waals surface area (Å²) in [6, 6.07) is 5.27. The first-order valence-corrected chi connectivity index (χ1v) is 7.58. The van der Waals surface area contributed by atoms with Crippen molar-refractivity contribution in [3.8, 4) is 12.3 Å². The zero-order chi connectivity index (χ0) is 17.2. The van der Waals surface area contributed by atoms with Gasteiger partial charge in [-0.25, -0.2) is 0 Å². The third kappa shape index (κ3) is 2.98. The number of amides is 2. The highest BCUT2D eigenvalue weighted by molar-refractivity contribution is 6.19. The van der Waals surface area contributed by atoms with Gasteiger partial charge in [0.05, 0.1) is 5.56 Å². The third-order valence-corrected chi connectivity index (χ3v) is 4.35. The van der Waals surface area contributed by atoms with Crippen LogP contribution in [0.2, 0.25) is 0 Å². The summed E-state index contributed by atoms with van der Waals surface area (Å²) >= 11 is 0. The average Bonchev–Trinajstić information content (AvgIpc) is 2.81. The fourth-order valence-corrected chi connectivity index (χ4v) is 2.56. The quantitative estimate of drug-likeness (QED) is 0.810. The molecule has 0 saturated heterocycles. The van der Waals surface area contributed by atoms with E-state index in [0.717, 1.165) is 5.56 Å². The van der Waals surface area contributed by atoms with Crippen molar-refractivity contribution in [3.63, 3.8) is 0 Å². The second kappa shape index (κ2) is 6.25. The van der Waals surface area contributed by atoms with Gasteiger partial charge in [-0.1, -0.05) is 26.0 Å². The molecule has 5 nitrogen and oxygen atoms in total. The highest BCUT2D eigenvalue weighted by Gasteiger charge is 2.42. The SMILES string of the molecule is C#CCCc1cccc(C(N)=O)c1C1=NC(C)(C(C)C)C(=O)N1. The van der Waals surface area contributed by atoms with Crippen LogP contribution in [0.1, 0.15) is 48.7 Å². The molecule has 2 amide bonds. The topological polar surface area (TPSA) is 84.6 Å². The van der Waals surface area contributed by atoms with Crippen molar-refractivity contribution in [2.24, 2.45) is 16.6 Å². The van der Waals surface area contributed by atoms with Crippen molar-refractivity contribution >= 4 is 17.6 Å². The smallest absolute Gasteiger partial charge is 0.253 e. The summed E-state index contributed by atoms with van der Waals surface area (Å²) in [5.74, 6) is 2.27. The fourth-order valence-electron chi connectivity index (χ4n) is 2.56. The summed E-state index contributed by atoms with van der Waals surface area (Å²) in [7, 11) is 0. The van der Waals surface area contributed by atoms with E-state index in [4.69, 9.17) is 12.2 Å². The lowest BCUT2D eigenvalue weighted by atomic mass is 9.89. The molecule has 1 unspecified atom stereocenters. The van der Waals surface area contributed by atoms with Gasteiger partial charge in [-0.15, -0.1) is 12.3 Å². The molecule has 1 atom stereocenters. The predicted molar refractivity (Wildman–Crippen MR) is 90.0 cm³/mol. The highest BCUT2D eigenvalue weighted by atomic mass is 16.2. The molecule has 5 heteroatoms. The van der Waals surface area contributed by atoms with E-state index in [1.807, 2.05) is 19.9 Å². The number of nitrogens with zero attached hydrogens (tertiary/aromatic N) is 1. The summed E-state index contributed by atoms with van der Waals surface area (Å²) in [5.41, 5.74) is 6.41. The monoisotopic (exact) mass is 311 g/mol. The number of hydrogen-bond donors (Lipinski definition) is 2. The van der Waals surface area contributed by atoms with Crippen LogP contribution in [0.25, 0.3) is 0 Å². The second-order valence-corrected chi connectivity index (χ2v) is 6.12. The van der Waals surface area contributed by atoms with Gasteiger partial charge in [0, 0.05) is 12.0 Å². The molecule has 1 aromatic rings. The Morgan fingerprint density at radius 1 is 1.48 bits per heavy atom. The van der Waals surface area contributed by atoms with Gasteiger partial charge >= 0.3 is 0 Å². The lowest BCUT2D eigenvalue weighted by Gasteiger charge is -2.21. The number of nitrogens with two attached hydrogens (primary N) is 1. The Balaban J connectivity index is 2.60. The van der Waals surface area contributed by atoms with E-state index >= 15 is 0 Å². The Kier molecular flexibility index (Phi) is 4.55. The standard InChI is InChI=1S/C18H21N3O2/c1-5-6-8-12-9-7-10-13(15(19)22)14(12)16-20-17(23)18(4,21-16)11(2)3/h1,7,9-11H,6,8H2,2-4H3,(H2,19,22)(H,20,21,23). The average molecular weight is 311 g/mol. The summed E-state index contributed by atoms with van der Waals surface area (Å²) in [6.07, 6.45) is 6.45. The van der Waals surface area contributed by atoms with Crippen molar-refractivity contribution in [3.05, 3.63) is 34.9 Å². The van der Waals surface area contributed by atoms with Gasteiger partial charge < -0.3 is 11.1 Å². The van der Waals surface area contributed by atoms with E-state index in [9.17, 15) is 9.59 Å². The molecule has 0 aromatic heterocycles. The van der Waals surface area contributed by atoms with Crippen LogP contribution < -0.4 is 11.1 Å². The maximum Gasteiger partial charge on any atom is 0.253 e. The van der Waals surface area contributed by atoms with Gasteiger partial charge in [0.25, 0.3) is 5.91 Å². The zero-order valence-corrected chi connectivity index (χ0v) is 13.6. The number of rotatable bonds is 5. The molecule has 3 N–H and O–H groups in total. The number of carbonyl (C=O) groups is 2. The van der Waals surface area contributed by atoms with Crippen LogP contribution in [0.5, 0.6) is 0 Å². The first-order chi connectivity index (χ1) is 10.8. The molecule has 120 valence electrons. The fraction of sp³-hybridized carbons (Fsp3) is 0.389. The second-order valence-electron chi connectivity index (χ2n) is 6.12. The van der Waals surface area contributed by atoms with Crippen LogP contribution >= 0.6 is 0 Å². The van der Waals surface area contributed by atoms with Crippen molar-refractivity contribution in [2.75, 3.05) is 0 Å². The Bertz CT molecular complexity index is 728. The number of aryl methyl sites for hydroxylation is 1. The van der Waals surface area contributed by atoms with Crippen LogP contribution in [-0.2, 0) is 11.2 Å². The first-order valence-electron chi connectivity index (χ1n) is 7.58. The molecule has 1 aliphatic rings. The van der Waals surface area contributed by atoms with Gasteiger partial charge in [0.2, 0.25) is 5.91 Å². The summed E-state index contributed by atoms with van der Waals surface area (Å²) in [4.78, 5) is 28.7. The zero-order valence-electron chi connectivity index (χ0n) is 13.6. The van der Waals surface area contributed by atoms with Crippen molar-refractivity contribution in [1.82, 2.24) is 5.32 Å². The summed E-state index contributed by atoms with van der Waals surface area (Å²) in [5, 5.41) is 2.81. The molecule has 0 aliphatic carbocycles. The third-order valence-electron chi connectivity index (χ3n) is 4.35. The van der Waals surface area contributed by atoms with E-state index in [2.05, 4.69) is 16.2 Å². The Labute approximate surface area is 136 Å². The number of hydrogen-bond acceptors (Lipinski definition) is 3. The lowest BCUT2D eigenvalue weighted by molar-refractivity contribution is -0.124.